The van der Waals surface area contributed by atoms with Gasteiger partial charge in [-0.05, 0) is 30.7 Å². The van der Waals surface area contributed by atoms with E-state index in [2.05, 4.69) is 15.6 Å². The molecule has 2 aromatic rings. The summed E-state index contributed by atoms with van der Waals surface area (Å²) in [5.74, 6) is 3.04. The van der Waals surface area contributed by atoms with Crippen molar-refractivity contribution in [1.29, 1.82) is 0 Å². The topological polar surface area (TPSA) is 64.1 Å². The summed E-state index contributed by atoms with van der Waals surface area (Å²) in [5, 5.41) is 6.60. The zero-order valence-electron chi connectivity index (χ0n) is 16.2. The second-order valence-corrected chi connectivity index (χ2v) is 5.51. The summed E-state index contributed by atoms with van der Waals surface area (Å²) in [6, 6.07) is 13.8. The lowest BCUT2D eigenvalue weighted by atomic mass is 10.2. The summed E-state index contributed by atoms with van der Waals surface area (Å²) in [4.78, 5) is 4.26. The number of aliphatic imine (C=N–C) groups is 1. The molecule has 0 atom stereocenters. The zero-order valence-corrected chi connectivity index (χ0v) is 18.6. The molecule has 7 heteroatoms. The van der Waals surface area contributed by atoms with Crippen molar-refractivity contribution < 1.29 is 14.2 Å². The van der Waals surface area contributed by atoms with Crippen LogP contribution in [-0.2, 0) is 13.1 Å². The molecule has 148 valence electrons. The number of nitrogens with one attached hydrogen (secondary N) is 2. The Balaban J connectivity index is 0.00000364. The standard InChI is InChI=1S/C20H27N3O3.HI/c1-5-26-19-12-15(10-11-18(19)25-4)13-22-20(21-2)23-14-16-8-6-7-9-17(16)24-3;/h6-12H,5,13-14H2,1-4H3,(H2,21,22,23);1H. The first-order valence-electron chi connectivity index (χ1n) is 8.58. The first kappa shape index (κ1) is 22.9. The summed E-state index contributed by atoms with van der Waals surface area (Å²) in [7, 11) is 5.06. The molecule has 2 aromatic carbocycles. The van der Waals surface area contributed by atoms with Crippen LogP contribution in [0.5, 0.6) is 17.2 Å². The molecule has 0 radical (unpaired) electrons. The van der Waals surface area contributed by atoms with E-state index in [0.29, 0.717) is 25.7 Å². The Morgan fingerprint density at radius 3 is 2.30 bits per heavy atom. The average Bonchev–Trinajstić information content (AvgIpc) is 2.68. The fourth-order valence-electron chi connectivity index (χ4n) is 2.53. The van der Waals surface area contributed by atoms with Crippen molar-refractivity contribution in [2.24, 2.45) is 4.99 Å². The van der Waals surface area contributed by atoms with Gasteiger partial charge in [0.05, 0.1) is 20.8 Å². The Hall–Kier alpha value is -2.16. The van der Waals surface area contributed by atoms with Gasteiger partial charge in [-0.15, -0.1) is 24.0 Å². The molecule has 0 spiro atoms. The maximum absolute atomic E-state index is 5.62. The van der Waals surface area contributed by atoms with Gasteiger partial charge in [-0.25, -0.2) is 0 Å². The Morgan fingerprint density at radius 1 is 0.926 bits per heavy atom. The Morgan fingerprint density at radius 2 is 1.63 bits per heavy atom. The van der Waals surface area contributed by atoms with E-state index in [1.165, 1.54) is 0 Å². The van der Waals surface area contributed by atoms with Crippen molar-refractivity contribution in [2.75, 3.05) is 27.9 Å². The van der Waals surface area contributed by atoms with E-state index >= 15 is 0 Å². The second kappa shape index (κ2) is 12.3. The molecule has 0 fully saturated rings. The van der Waals surface area contributed by atoms with Gasteiger partial charge in [0.25, 0.3) is 0 Å². The van der Waals surface area contributed by atoms with Gasteiger partial charge in [-0.1, -0.05) is 24.3 Å². The predicted molar refractivity (Wildman–Crippen MR) is 120 cm³/mol. The van der Waals surface area contributed by atoms with E-state index in [1.54, 1.807) is 21.3 Å². The van der Waals surface area contributed by atoms with Gasteiger partial charge in [0.2, 0.25) is 0 Å². The molecule has 0 unspecified atom stereocenters. The van der Waals surface area contributed by atoms with Crippen LogP contribution in [0.25, 0.3) is 0 Å². The lowest BCUT2D eigenvalue weighted by Gasteiger charge is -2.15. The number of hydrogen-bond acceptors (Lipinski definition) is 4. The van der Waals surface area contributed by atoms with Gasteiger partial charge in [0.15, 0.2) is 17.5 Å². The third-order valence-corrected chi connectivity index (χ3v) is 3.85. The molecule has 0 bridgehead atoms. The highest BCUT2D eigenvalue weighted by atomic mass is 127. The molecule has 0 aromatic heterocycles. The largest absolute Gasteiger partial charge is 0.496 e. The lowest BCUT2D eigenvalue weighted by molar-refractivity contribution is 0.310. The maximum Gasteiger partial charge on any atom is 0.191 e. The summed E-state index contributed by atoms with van der Waals surface area (Å²) in [6.45, 7) is 3.79. The van der Waals surface area contributed by atoms with Crippen molar-refractivity contribution in [3.05, 3.63) is 53.6 Å². The van der Waals surface area contributed by atoms with Gasteiger partial charge in [0, 0.05) is 25.7 Å². The van der Waals surface area contributed by atoms with Crippen LogP contribution in [0, 0.1) is 0 Å². The maximum atomic E-state index is 5.62. The first-order valence-corrected chi connectivity index (χ1v) is 8.58. The van der Waals surface area contributed by atoms with Crippen LogP contribution in [0.4, 0.5) is 0 Å². The van der Waals surface area contributed by atoms with E-state index in [9.17, 15) is 0 Å². The molecule has 6 nitrogen and oxygen atoms in total. The Kier molecular flexibility index (Phi) is 10.4. The van der Waals surface area contributed by atoms with Crippen molar-refractivity contribution in [2.45, 2.75) is 20.0 Å². The fraction of sp³-hybridized carbons (Fsp3) is 0.350. The molecule has 0 saturated carbocycles. The van der Waals surface area contributed by atoms with E-state index in [4.69, 9.17) is 14.2 Å². The van der Waals surface area contributed by atoms with E-state index < -0.39 is 0 Å². The molecule has 2 N–H and O–H groups in total. The lowest BCUT2D eigenvalue weighted by Crippen LogP contribution is -2.36. The van der Waals surface area contributed by atoms with Crippen LogP contribution in [-0.4, -0.2) is 33.8 Å². The van der Waals surface area contributed by atoms with Crippen LogP contribution in [0.1, 0.15) is 18.1 Å². The minimum atomic E-state index is 0. The molecule has 0 aliphatic carbocycles. The normalized spacial score (nSPS) is 10.6. The SMILES string of the molecule is CCOc1cc(CNC(=NC)NCc2ccccc2OC)ccc1OC.I. The van der Waals surface area contributed by atoms with E-state index in [1.807, 2.05) is 49.4 Å². The number of guanidine groups is 1. The number of para-hydroxylation sites is 1. The van der Waals surface area contributed by atoms with Crippen LogP contribution in [0.3, 0.4) is 0 Å². The summed E-state index contributed by atoms with van der Waals surface area (Å²) in [5.41, 5.74) is 2.15. The minimum Gasteiger partial charge on any atom is -0.496 e. The molecular formula is C20H28IN3O3. The molecule has 27 heavy (non-hydrogen) atoms. The van der Waals surface area contributed by atoms with Gasteiger partial charge in [-0.2, -0.15) is 0 Å². The zero-order chi connectivity index (χ0) is 18.8. The minimum absolute atomic E-state index is 0. The predicted octanol–water partition coefficient (Wildman–Crippen LogP) is 3.59. The van der Waals surface area contributed by atoms with Gasteiger partial charge in [0.1, 0.15) is 5.75 Å². The highest BCUT2D eigenvalue weighted by molar-refractivity contribution is 14.0. The second-order valence-electron chi connectivity index (χ2n) is 5.51. The summed E-state index contributed by atoms with van der Waals surface area (Å²) in [6.07, 6.45) is 0. The van der Waals surface area contributed by atoms with Gasteiger partial charge < -0.3 is 24.8 Å². The molecule has 2 rings (SSSR count). The van der Waals surface area contributed by atoms with Gasteiger partial charge in [-0.3, -0.25) is 4.99 Å². The third-order valence-electron chi connectivity index (χ3n) is 3.85. The average molecular weight is 485 g/mol. The molecular weight excluding hydrogens is 457 g/mol. The van der Waals surface area contributed by atoms with Crippen LogP contribution >= 0.6 is 24.0 Å². The number of methoxy groups -OCH3 is 2. The number of ether oxygens (including phenoxy) is 3. The smallest absolute Gasteiger partial charge is 0.191 e. The molecule has 0 aliphatic rings. The highest BCUT2D eigenvalue weighted by Crippen LogP contribution is 2.28. The number of benzene rings is 2. The van der Waals surface area contributed by atoms with Crippen molar-refractivity contribution in [1.82, 2.24) is 10.6 Å². The van der Waals surface area contributed by atoms with Crippen molar-refractivity contribution >= 4 is 29.9 Å². The highest BCUT2D eigenvalue weighted by Gasteiger charge is 2.07. The molecule has 0 heterocycles. The number of halogens is 1. The van der Waals surface area contributed by atoms with E-state index in [-0.39, 0.29) is 24.0 Å². The first-order chi connectivity index (χ1) is 12.7. The monoisotopic (exact) mass is 485 g/mol. The molecule has 0 aliphatic heterocycles. The van der Waals surface area contributed by atoms with E-state index in [0.717, 1.165) is 28.4 Å². The fourth-order valence-corrected chi connectivity index (χ4v) is 2.53. The van der Waals surface area contributed by atoms with Crippen LogP contribution in [0.2, 0.25) is 0 Å². The number of nitrogens with zero attached hydrogens (tertiary/aromatic N) is 1. The Bertz CT molecular complexity index is 738. The Labute approximate surface area is 178 Å². The quantitative estimate of drug-likeness (QED) is 0.340. The van der Waals surface area contributed by atoms with Gasteiger partial charge >= 0.3 is 0 Å². The summed E-state index contributed by atoms with van der Waals surface area (Å²) < 4.78 is 16.3. The van der Waals surface area contributed by atoms with Crippen LogP contribution in [0.15, 0.2) is 47.5 Å². The molecule has 0 amide bonds. The molecule has 0 saturated heterocycles. The van der Waals surface area contributed by atoms with Crippen molar-refractivity contribution in [3.63, 3.8) is 0 Å². The number of rotatable bonds is 8. The summed E-state index contributed by atoms with van der Waals surface area (Å²) >= 11 is 0. The van der Waals surface area contributed by atoms with Crippen molar-refractivity contribution in [3.8, 4) is 17.2 Å². The van der Waals surface area contributed by atoms with Crippen LogP contribution < -0.4 is 24.8 Å². The third kappa shape index (κ3) is 6.82. The number of hydrogen-bond donors (Lipinski definition) is 2.